The Bertz CT molecular complexity index is 854. The van der Waals surface area contributed by atoms with Crippen molar-refractivity contribution in [2.75, 3.05) is 13.6 Å². The van der Waals surface area contributed by atoms with Crippen molar-refractivity contribution in [3.63, 3.8) is 0 Å². The van der Waals surface area contributed by atoms with Gasteiger partial charge in [-0.15, -0.1) is 0 Å². The van der Waals surface area contributed by atoms with E-state index < -0.39 is 5.41 Å². The van der Waals surface area contributed by atoms with Crippen molar-refractivity contribution in [3.8, 4) is 0 Å². The molecule has 3 heteroatoms. The topological polar surface area (TPSA) is 46.3 Å². The molecule has 2 N–H and O–H groups in total. The monoisotopic (exact) mass is 386 g/mol. The summed E-state index contributed by atoms with van der Waals surface area (Å²) in [6.07, 6.45) is 1.62. The maximum absolute atomic E-state index is 12.9. The van der Waals surface area contributed by atoms with Gasteiger partial charge in [0.2, 0.25) is 5.91 Å². The number of benzene rings is 3. The van der Waals surface area contributed by atoms with E-state index in [1.807, 2.05) is 66.7 Å². The largest absolute Gasteiger partial charge is 0.369 e. The van der Waals surface area contributed by atoms with E-state index in [-0.39, 0.29) is 5.91 Å². The summed E-state index contributed by atoms with van der Waals surface area (Å²) in [4.78, 5) is 15.3. The number of rotatable bonds is 9. The van der Waals surface area contributed by atoms with E-state index in [2.05, 4.69) is 43.1 Å². The summed E-state index contributed by atoms with van der Waals surface area (Å²) >= 11 is 0. The summed E-state index contributed by atoms with van der Waals surface area (Å²) in [7, 11) is 2.13. The lowest BCUT2D eigenvalue weighted by Crippen LogP contribution is -2.44. The Morgan fingerprint density at radius 2 is 1.31 bits per heavy atom. The van der Waals surface area contributed by atoms with Gasteiger partial charge in [-0.2, -0.15) is 0 Å². The van der Waals surface area contributed by atoms with Crippen molar-refractivity contribution in [1.29, 1.82) is 0 Å². The zero-order valence-electron chi connectivity index (χ0n) is 17.3. The minimum absolute atomic E-state index is 0.299. The van der Waals surface area contributed by atoms with E-state index >= 15 is 0 Å². The molecule has 1 atom stereocenters. The van der Waals surface area contributed by atoms with Crippen LogP contribution >= 0.6 is 0 Å². The standard InChI is InChI=1S/C26H30N2O/c1-3-24(21-13-7-4-8-14-21)28(2)20-19-26(25(27)29,22-15-9-5-10-16-22)23-17-11-6-12-18-23/h4-18,24H,3,19-20H2,1-2H3,(H2,27,29). The van der Waals surface area contributed by atoms with Gasteiger partial charge in [0, 0.05) is 12.6 Å². The van der Waals surface area contributed by atoms with Crippen LogP contribution in [0.3, 0.4) is 0 Å². The number of nitrogens with zero attached hydrogens (tertiary/aromatic N) is 1. The van der Waals surface area contributed by atoms with Crippen LogP contribution in [0.5, 0.6) is 0 Å². The van der Waals surface area contributed by atoms with Crippen molar-refractivity contribution in [2.24, 2.45) is 5.73 Å². The van der Waals surface area contributed by atoms with Gasteiger partial charge in [0.15, 0.2) is 0 Å². The van der Waals surface area contributed by atoms with Crippen LogP contribution in [-0.4, -0.2) is 24.4 Å². The number of hydrogen-bond donors (Lipinski definition) is 1. The van der Waals surface area contributed by atoms with Gasteiger partial charge in [-0.1, -0.05) is 97.9 Å². The zero-order chi connectivity index (χ0) is 20.7. The molecule has 0 saturated heterocycles. The Morgan fingerprint density at radius 1 is 0.862 bits per heavy atom. The first-order chi connectivity index (χ1) is 14.1. The van der Waals surface area contributed by atoms with Gasteiger partial charge in [-0.25, -0.2) is 0 Å². The molecule has 0 aromatic heterocycles. The summed E-state index contributed by atoms with van der Waals surface area (Å²) < 4.78 is 0. The van der Waals surface area contributed by atoms with Crippen molar-refractivity contribution in [1.82, 2.24) is 4.90 Å². The zero-order valence-corrected chi connectivity index (χ0v) is 17.3. The third-order valence-electron chi connectivity index (χ3n) is 5.90. The fourth-order valence-corrected chi connectivity index (χ4v) is 4.29. The Morgan fingerprint density at radius 3 is 1.72 bits per heavy atom. The van der Waals surface area contributed by atoms with Gasteiger partial charge in [0.05, 0.1) is 5.41 Å². The van der Waals surface area contributed by atoms with Crippen LogP contribution in [0.1, 0.15) is 42.5 Å². The quantitative estimate of drug-likeness (QED) is 0.567. The number of hydrogen-bond acceptors (Lipinski definition) is 2. The summed E-state index contributed by atoms with van der Waals surface area (Å²) in [5.41, 5.74) is 8.41. The molecule has 1 unspecified atom stereocenters. The first kappa shape index (κ1) is 20.8. The Kier molecular flexibility index (Phi) is 6.84. The average Bonchev–Trinajstić information content (AvgIpc) is 2.77. The predicted molar refractivity (Wildman–Crippen MR) is 120 cm³/mol. The van der Waals surface area contributed by atoms with Crippen LogP contribution in [0.2, 0.25) is 0 Å². The number of nitrogens with two attached hydrogens (primary N) is 1. The molecular formula is C26H30N2O. The van der Waals surface area contributed by atoms with Crippen LogP contribution in [0.4, 0.5) is 0 Å². The van der Waals surface area contributed by atoms with Crippen molar-refractivity contribution in [3.05, 3.63) is 108 Å². The smallest absolute Gasteiger partial charge is 0.232 e. The Hall–Kier alpha value is -2.91. The minimum Gasteiger partial charge on any atom is -0.369 e. The first-order valence-corrected chi connectivity index (χ1v) is 10.3. The second-order valence-electron chi connectivity index (χ2n) is 7.57. The fourth-order valence-electron chi connectivity index (χ4n) is 4.29. The van der Waals surface area contributed by atoms with E-state index in [1.165, 1.54) is 5.56 Å². The molecule has 0 saturated carbocycles. The molecule has 3 aromatic carbocycles. The van der Waals surface area contributed by atoms with Crippen LogP contribution in [-0.2, 0) is 10.2 Å². The lowest BCUT2D eigenvalue weighted by molar-refractivity contribution is -0.122. The maximum Gasteiger partial charge on any atom is 0.232 e. The molecule has 0 aliphatic heterocycles. The molecule has 3 nitrogen and oxygen atoms in total. The molecule has 3 rings (SSSR count). The van der Waals surface area contributed by atoms with E-state index in [0.29, 0.717) is 12.5 Å². The van der Waals surface area contributed by atoms with Crippen molar-refractivity contribution in [2.45, 2.75) is 31.2 Å². The Labute approximate surface area is 174 Å². The molecular weight excluding hydrogens is 356 g/mol. The van der Waals surface area contributed by atoms with E-state index in [9.17, 15) is 4.79 Å². The summed E-state index contributed by atoms with van der Waals surface area (Å²) in [5.74, 6) is -0.309. The second-order valence-corrected chi connectivity index (χ2v) is 7.57. The molecule has 0 spiro atoms. The number of amides is 1. The molecule has 150 valence electrons. The van der Waals surface area contributed by atoms with Crippen LogP contribution in [0.25, 0.3) is 0 Å². The second kappa shape index (κ2) is 9.53. The van der Waals surface area contributed by atoms with E-state index in [0.717, 1.165) is 24.1 Å². The third kappa shape index (κ3) is 4.41. The molecule has 0 fully saturated rings. The highest BCUT2D eigenvalue weighted by Gasteiger charge is 2.40. The lowest BCUT2D eigenvalue weighted by Gasteiger charge is -2.35. The normalized spacial score (nSPS) is 12.7. The molecule has 0 aliphatic rings. The van der Waals surface area contributed by atoms with Crippen LogP contribution in [0.15, 0.2) is 91.0 Å². The number of carbonyl (C=O) groups is 1. The Balaban J connectivity index is 1.94. The molecule has 0 heterocycles. The molecule has 0 bridgehead atoms. The van der Waals surface area contributed by atoms with Crippen molar-refractivity contribution < 1.29 is 4.79 Å². The molecule has 0 radical (unpaired) electrons. The molecule has 1 amide bonds. The van der Waals surface area contributed by atoms with Crippen molar-refractivity contribution >= 4 is 5.91 Å². The number of primary amides is 1. The van der Waals surface area contributed by atoms with Gasteiger partial charge in [0.25, 0.3) is 0 Å². The van der Waals surface area contributed by atoms with Gasteiger partial charge < -0.3 is 5.73 Å². The van der Waals surface area contributed by atoms with Crippen LogP contribution in [0, 0.1) is 0 Å². The summed E-state index contributed by atoms with van der Waals surface area (Å²) in [6.45, 7) is 2.95. The van der Waals surface area contributed by atoms with E-state index in [1.54, 1.807) is 0 Å². The summed E-state index contributed by atoms with van der Waals surface area (Å²) in [6, 6.07) is 30.7. The van der Waals surface area contributed by atoms with Crippen LogP contribution < -0.4 is 5.73 Å². The maximum atomic E-state index is 12.9. The van der Waals surface area contributed by atoms with Gasteiger partial charge in [-0.3, -0.25) is 9.69 Å². The third-order valence-corrected chi connectivity index (χ3v) is 5.90. The van der Waals surface area contributed by atoms with Gasteiger partial charge in [0.1, 0.15) is 0 Å². The molecule has 3 aromatic rings. The van der Waals surface area contributed by atoms with Gasteiger partial charge >= 0.3 is 0 Å². The SMILES string of the molecule is CCC(c1ccccc1)N(C)CCC(C(N)=O)(c1ccccc1)c1ccccc1. The number of carbonyl (C=O) groups excluding carboxylic acids is 1. The first-order valence-electron chi connectivity index (χ1n) is 10.3. The highest BCUT2D eigenvalue weighted by Crippen LogP contribution is 2.36. The highest BCUT2D eigenvalue weighted by atomic mass is 16.1. The molecule has 29 heavy (non-hydrogen) atoms. The fraction of sp³-hybridized carbons (Fsp3) is 0.269. The van der Waals surface area contributed by atoms with Gasteiger partial charge in [-0.05, 0) is 36.6 Å². The lowest BCUT2D eigenvalue weighted by atomic mass is 9.71. The highest BCUT2D eigenvalue weighted by molar-refractivity contribution is 5.90. The summed E-state index contributed by atoms with van der Waals surface area (Å²) in [5, 5.41) is 0. The molecule has 0 aliphatic carbocycles. The minimum atomic E-state index is -0.855. The average molecular weight is 387 g/mol. The van der Waals surface area contributed by atoms with E-state index in [4.69, 9.17) is 5.73 Å². The predicted octanol–water partition coefficient (Wildman–Crippen LogP) is 4.93.